The van der Waals surface area contributed by atoms with E-state index in [0.29, 0.717) is 18.4 Å². The van der Waals surface area contributed by atoms with Crippen LogP contribution in [0.4, 0.5) is 5.95 Å². The summed E-state index contributed by atoms with van der Waals surface area (Å²) in [4.78, 5) is 8.43. The zero-order chi connectivity index (χ0) is 16.2. The fraction of sp³-hybridized carbons (Fsp3) is 0.294. The summed E-state index contributed by atoms with van der Waals surface area (Å²) in [6.45, 7) is 4.54. The molecule has 1 N–H and O–H groups in total. The van der Waals surface area contributed by atoms with E-state index in [9.17, 15) is 0 Å². The molecule has 3 aromatic rings. The molecule has 0 bridgehead atoms. The molecule has 3 rings (SSSR count). The molecule has 6 nitrogen and oxygen atoms in total. The van der Waals surface area contributed by atoms with E-state index in [-0.39, 0.29) is 6.04 Å². The standard InChI is InChI=1S/C17H19N3O3/c1-4-22-13-7-5-6-12-10-14(23-16(12)13)11(2)19-17-18-9-8-15(20-17)21-3/h5-11H,4H2,1-3H3,(H,18,19,20)/t11-/m1/s1. The van der Waals surface area contributed by atoms with Gasteiger partial charge in [0.1, 0.15) is 5.76 Å². The van der Waals surface area contributed by atoms with Crippen LogP contribution in [0.15, 0.2) is 40.9 Å². The van der Waals surface area contributed by atoms with Crippen LogP contribution in [0.2, 0.25) is 0 Å². The van der Waals surface area contributed by atoms with Gasteiger partial charge in [-0.2, -0.15) is 4.98 Å². The molecule has 0 aliphatic rings. The van der Waals surface area contributed by atoms with Crippen molar-refractivity contribution in [2.45, 2.75) is 19.9 Å². The van der Waals surface area contributed by atoms with Crippen molar-refractivity contribution in [1.29, 1.82) is 0 Å². The van der Waals surface area contributed by atoms with Crippen molar-refractivity contribution >= 4 is 16.9 Å². The molecule has 0 saturated carbocycles. The van der Waals surface area contributed by atoms with Gasteiger partial charge in [-0.25, -0.2) is 4.98 Å². The summed E-state index contributed by atoms with van der Waals surface area (Å²) in [6, 6.07) is 9.46. The first-order chi connectivity index (χ1) is 11.2. The quantitative estimate of drug-likeness (QED) is 0.746. The van der Waals surface area contributed by atoms with Crippen molar-refractivity contribution in [2.75, 3.05) is 19.0 Å². The Morgan fingerprint density at radius 2 is 2.17 bits per heavy atom. The average molecular weight is 313 g/mol. The van der Waals surface area contributed by atoms with Crippen LogP contribution in [-0.2, 0) is 0 Å². The number of nitrogens with zero attached hydrogens (tertiary/aromatic N) is 2. The number of benzene rings is 1. The first-order valence-electron chi connectivity index (χ1n) is 7.50. The average Bonchev–Trinajstić information content (AvgIpc) is 3.01. The van der Waals surface area contributed by atoms with E-state index >= 15 is 0 Å². The molecule has 6 heteroatoms. The van der Waals surface area contributed by atoms with Crippen LogP contribution in [0.1, 0.15) is 25.6 Å². The van der Waals surface area contributed by atoms with Crippen molar-refractivity contribution in [2.24, 2.45) is 0 Å². The number of nitrogens with one attached hydrogen (secondary N) is 1. The Morgan fingerprint density at radius 1 is 1.30 bits per heavy atom. The second-order valence-electron chi connectivity index (χ2n) is 5.04. The zero-order valence-electron chi connectivity index (χ0n) is 13.4. The number of para-hydroxylation sites is 1. The fourth-order valence-corrected chi connectivity index (χ4v) is 2.33. The van der Waals surface area contributed by atoms with Crippen LogP contribution in [0, 0.1) is 0 Å². The molecule has 0 saturated heterocycles. The minimum atomic E-state index is -0.0935. The smallest absolute Gasteiger partial charge is 0.226 e. The molecule has 0 aliphatic carbocycles. The predicted molar refractivity (Wildman–Crippen MR) is 88.0 cm³/mol. The van der Waals surface area contributed by atoms with Crippen LogP contribution in [0.5, 0.6) is 11.6 Å². The maximum absolute atomic E-state index is 5.97. The molecule has 120 valence electrons. The summed E-state index contributed by atoms with van der Waals surface area (Å²) < 4.78 is 16.7. The van der Waals surface area contributed by atoms with Gasteiger partial charge in [0, 0.05) is 17.6 Å². The zero-order valence-corrected chi connectivity index (χ0v) is 13.4. The van der Waals surface area contributed by atoms with Crippen LogP contribution in [-0.4, -0.2) is 23.7 Å². The number of furan rings is 1. The summed E-state index contributed by atoms with van der Waals surface area (Å²) in [6.07, 6.45) is 1.65. The molecule has 0 spiro atoms. The summed E-state index contributed by atoms with van der Waals surface area (Å²) >= 11 is 0. The van der Waals surface area contributed by atoms with E-state index in [4.69, 9.17) is 13.9 Å². The molecule has 2 heterocycles. The number of aromatic nitrogens is 2. The predicted octanol–water partition coefficient (Wildman–Crippen LogP) is 3.80. The maximum atomic E-state index is 5.97. The Kier molecular flexibility index (Phi) is 4.32. The van der Waals surface area contributed by atoms with Gasteiger partial charge in [-0.1, -0.05) is 12.1 Å². The number of rotatable bonds is 6. The number of ether oxygens (including phenoxy) is 2. The largest absolute Gasteiger partial charge is 0.490 e. The van der Waals surface area contributed by atoms with Crippen molar-refractivity contribution in [3.63, 3.8) is 0 Å². The Hall–Kier alpha value is -2.76. The van der Waals surface area contributed by atoms with Crippen LogP contribution >= 0.6 is 0 Å². The normalized spacial score (nSPS) is 12.1. The highest BCUT2D eigenvalue weighted by Gasteiger charge is 2.15. The first kappa shape index (κ1) is 15.1. The van der Waals surface area contributed by atoms with E-state index in [1.807, 2.05) is 38.1 Å². The highest BCUT2D eigenvalue weighted by atomic mass is 16.5. The van der Waals surface area contributed by atoms with Crippen molar-refractivity contribution < 1.29 is 13.9 Å². The minimum absolute atomic E-state index is 0.0935. The highest BCUT2D eigenvalue weighted by molar-refractivity contribution is 5.83. The summed E-state index contributed by atoms with van der Waals surface area (Å²) in [5.74, 6) is 2.54. The Bertz CT molecular complexity index is 801. The number of hydrogen-bond donors (Lipinski definition) is 1. The lowest BCUT2D eigenvalue weighted by atomic mass is 10.2. The van der Waals surface area contributed by atoms with Crippen molar-refractivity contribution in [1.82, 2.24) is 9.97 Å². The van der Waals surface area contributed by atoms with E-state index in [0.717, 1.165) is 22.5 Å². The second-order valence-corrected chi connectivity index (χ2v) is 5.04. The fourth-order valence-electron chi connectivity index (χ4n) is 2.33. The lowest BCUT2D eigenvalue weighted by molar-refractivity contribution is 0.337. The first-order valence-corrected chi connectivity index (χ1v) is 7.50. The van der Waals surface area contributed by atoms with Gasteiger partial charge in [-0.3, -0.25) is 0 Å². The summed E-state index contributed by atoms with van der Waals surface area (Å²) in [5, 5.41) is 4.21. The van der Waals surface area contributed by atoms with Gasteiger partial charge in [0.05, 0.1) is 19.8 Å². The monoisotopic (exact) mass is 313 g/mol. The van der Waals surface area contributed by atoms with E-state index < -0.39 is 0 Å². The molecule has 1 atom stereocenters. The Labute approximate surface area is 134 Å². The molecule has 1 aromatic carbocycles. The molecule has 0 aliphatic heterocycles. The topological polar surface area (TPSA) is 69.4 Å². The van der Waals surface area contributed by atoms with Gasteiger partial charge in [-0.15, -0.1) is 0 Å². The summed E-state index contributed by atoms with van der Waals surface area (Å²) in [7, 11) is 1.57. The Balaban J connectivity index is 1.85. The molecule has 2 aromatic heterocycles. The van der Waals surface area contributed by atoms with Crippen LogP contribution in [0.25, 0.3) is 11.0 Å². The lowest BCUT2D eigenvalue weighted by Gasteiger charge is -2.11. The van der Waals surface area contributed by atoms with Crippen LogP contribution < -0.4 is 14.8 Å². The SMILES string of the molecule is CCOc1cccc2cc([C@@H](C)Nc3nccc(OC)n3)oc12. The molecule has 0 radical (unpaired) electrons. The highest BCUT2D eigenvalue weighted by Crippen LogP contribution is 2.31. The van der Waals surface area contributed by atoms with Gasteiger partial charge >= 0.3 is 0 Å². The van der Waals surface area contributed by atoms with Crippen LogP contribution in [0.3, 0.4) is 0 Å². The molecular formula is C17H19N3O3. The third-order valence-corrected chi connectivity index (χ3v) is 3.44. The van der Waals surface area contributed by atoms with Gasteiger partial charge in [-0.05, 0) is 26.0 Å². The molecule has 0 unspecified atom stereocenters. The summed E-state index contributed by atoms with van der Waals surface area (Å²) in [5.41, 5.74) is 0.754. The minimum Gasteiger partial charge on any atom is -0.490 e. The molecule has 0 amide bonds. The number of fused-ring (bicyclic) bond motifs is 1. The van der Waals surface area contributed by atoms with E-state index in [2.05, 4.69) is 15.3 Å². The van der Waals surface area contributed by atoms with E-state index in [1.165, 1.54) is 0 Å². The third-order valence-electron chi connectivity index (χ3n) is 3.44. The maximum Gasteiger partial charge on any atom is 0.226 e. The Morgan fingerprint density at radius 3 is 2.96 bits per heavy atom. The third kappa shape index (κ3) is 3.21. The number of anilines is 1. The number of hydrogen-bond acceptors (Lipinski definition) is 6. The van der Waals surface area contributed by atoms with Crippen molar-refractivity contribution in [3.05, 3.63) is 42.3 Å². The molecule has 0 fully saturated rings. The second kappa shape index (κ2) is 6.56. The van der Waals surface area contributed by atoms with Gasteiger partial charge in [0.15, 0.2) is 11.3 Å². The van der Waals surface area contributed by atoms with Gasteiger partial charge < -0.3 is 19.2 Å². The lowest BCUT2D eigenvalue weighted by Crippen LogP contribution is -2.08. The van der Waals surface area contributed by atoms with E-state index in [1.54, 1.807) is 19.4 Å². The number of methoxy groups -OCH3 is 1. The van der Waals surface area contributed by atoms with Gasteiger partial charge in [0.25, 0.3) is 0 Å². The van der Waals surface area contributed by atoms with Crippen molar-refractivity contribution in [3.8, 4) is 11.6 Å². The van der Waals surface area contributed by atoms with Gasteiger partial charge in [0.2, 0.25) is 11.8 Å². The molecule has 23 heavy (non-hydrogen) atoms. The molecular weight excluding hydrogens is 294 g/mol.